The minimum Gasteiger partial charge on any atom is -0.454 e. The maximum absolute atomic E-state index is 13.0. The SMILES string of the molecule is CC1(C)O[C@H]2[C@@H]3NC(=O)c4cc5c(cc4[C@@H]3C[C@H](O[Si](C)(C)C(C)(C)C)[C@H]2O1)OCO5. The summed E-state index contributed by atoms with van der Waals surface area (Å²) in [5.41, 5.74) is 1.63. The number of carbonyl (C=O) groups excluding carboxylic acids is 1. The van der Waals surface area contributed by atoms with Crippen LogP contribution in [0.2, 0.25) is 18.1 Å². The van der Waals surface area contributed by atoms with Gasteiger partial charge in [0.15, 0.2) is 25.6 Å². The second-order valence-electron chi connectivity index (χ2n) is 11.1. The maximum atomic E-state index is 13.0. The number of carbonyl (C=O) groups is 1. The highest BCUT2D eigenvalue weighted by Gasteiger charge is 2.58. The van der Waals surface area contributed by atoms with Crippen LogP contribution in [0, 0.1) is 0 Å². The molecular formula is C23H33NO6Si. The summed E-state index contributed by atoms with van der Waals surface area (Å²) >= 11 is 0. The van der Waals surface area contributed by atoms with Crippen LogP contribution in [0.15, 0.2) is 12.1 Å². The van der Waals surface area contributed by atoms with Gasteiger partial charge in [0.05, 0.1) is 12.1 Å². The molecular weight excluding hydrogens is 414 g/mol. The summed E-state index contributed by atoms with van der Waals surface area (Å²) in [6, 6.07) is 3.60. The lowest BCUT2D eigenvalue weighted by Gasteiger charge is -2.48. The van der Waals surface area contributed by atoms with E-state index in [0.717, 1.165) is 12.0 Å². The zero-order valence-electron chi connectivity index (χ0n) is 19.4. The van der Waals surface area contributed by atoms with E-state index >= 15 is 0 Å². The fraction of sp³-hybridized carbons (Fsp3) is 0.696. The molecule has 170 valence electrons. The second kappa shape index (κ2) is 6.70. The molecule has 1 amide bonds. The van der Waals surface area contributed by atoms with Gasteiger partial charge in [-0.05, 0) is 56.1 Å². The van der Waals surface area contributed by atoms with E-state index in [4.69, 9.17) is 23.4 Å². The molecule has 0 unspecified atom stereocenters. The molecule has 0 spiro atoms. The molecule has 1 aromatic rings. The molecule has 3 aliphatic heterocycles. The van der Waals surface area contributed by atoms with Crippen LogP contribution in [0.25, 0.3) is 0 Å². The van der Waals surface area contributed by atoms with Gasteiger partial charge in [-0.3, -0.25) is 4.79 Å². The number of hydrogen-bond acceptors (Lipinski definition) is 6. The first kappa shape index (κ1) is 21.2. The fourth-order valence-corrected chi connectivity index (χ4v) is 6.35. The van der Waals surface area contributed by atoms with Gasteiger partial charge in [0.2, 0.25) is 6.79 Å². The molecule has 4 aliphatic rings. The first-order valence-electron chi connectivity index (χ1n) is 11.1. The highest BCUT2D eigenvalue weighted by molar-refractivity contribution is 6.74. The monoisotopic (exact) mass is 447 g/mol. The van der Waals surface area contributed by atoms with Gasteiger partial charge in [0, 0.05) is 11.5 Å². The number of rotatable bonds is 2. The molecule has 1 N–H and O–H groups in total. The van der Waals surface area contributed by atoms with Crippen molar-refractivity contribution in [2.45, 2.75) is 95.2 Å². The summed E-state index contributed by atoms with van der Waals surface area (Å²) in [6.07, 6.45) is 0.152. The van der Waals surface area contributed by atoms with Crippen molar-refractivity contribution in [2.24, 2.45) is 0 Å². The lowest BCUT2D eigenvalue weighted by Crippen LogP contribution is -2.62. The Labute approximate surface area is 184 Å². The molecule has 31 heavy (non-hydrogen) atoms. The lowest BCUT2D eigenvalue weighted by molar-refractivity contribution is -0.153. The quantitative estimate of drug-likeness (QED) is 0.693. The first-order chi connectivity index (χ1) is 14.4. The largest absolute Gasteiger partial charge is 0.454 e. The molecule has 8 heteroatoms. The van der Waals surface area contributed by atoms with Gasteiger partial charge in [-0.25, -0.2) is 0 Å². The number of fused-ring (bicyclic) bond motifs is 6. The third-order valence-electron chi connectivity index (χ3n) is 7.54. The maximum Gasteiger partial charge on any atom is 0.252 e. The summed E-state index contributed by atoms with van der Waals surface area (Å²) in [4.78, 5) is 13.0. The van der Waals surface area contributed by atoms with Crippen molar-refractivity contribution in [3.63, 3.8) is 0 Å². The van der Waals surface area contributed by atoms with Gasteiger partial charge in [-0.2, -0.15) is 0 Å². The Morgan fingerprint density at radius 2 is 1.74 bits per heavy atom. The molecule has 0 aromatic heterocycles. The van der Waals surface area contributed by atoms with Gasteiger partial charge in [-0.15, -0.1) is 0 Å². The van der Waals surface area contributed by atoms with Crippen molar-refractivity contribution in [1.82, 2.24) is 5.32 Å². The molecule has 0 radical (unpaired) electrons. The van der Waals surface area contributed by atoms with Crippen LogP contribution in [-0.4, -0.2) is 51.2 Å². The predicted octanol–water partition coefficient (Wildman–Crippen LogP) is 3.93. The number of ether oxygens (including phenoxy) is 4. The summed E-state index contributed by atoms with van der Waals surface area (Å²) in [6.45, 7) is 15.3. The number of hydrogen-bond donors (Lipinski definition) is 1. The van der Waals surface area contributed by atoms with Crippen molar-refractivity contribution >= 4 is 14.2 Å². The molecule has 0 bridgehead atoms. The van der Waals surface area contributed by atoms with Gasteiger partial charge in [0.1, 0.15) is 12.2 Å². The van der Waals surface area contributed by atoms with Crippen LogP contribution in [-0.2, 0) is 13.9 Å². The smallest absolute Gasteiger partial charge is 0.252 e. The number of benzene rings is 1. The highest BCUT2D eigenvalue weighted by Crippen LogP contribution is 2.50. The van der Waals surface area contributed by atoms with Crippen LogP contribution >= 0.6 is 0 Å². The van der Waals surface area contributed by atoms with Crippen molar-refractivity contribution in [3.05, 3.63) is 23.3 Å². The summed E-state index contributed by atoms with van der Waals surface area (Å²) in [5.74, 6) is 0.539. The van der Waals surface area contributed by atoms with E-state index in [2.05, 4.69) is 39.2 Å². The standard InChI is InChI=1S/C23H33NO6Si/c1-22(2,3)31(6,7)30-17-9-13-12-8-15-16(27-11-26-15)10-14(12)21(25)24-18(13)20-19(17)28-23(4,5)29-20/h8,10,13,17-20H,9,11H2,1-7H3,(H,24,25)/t13-,17-,18+,19+,20-/m0/s1. The van der Waals surface area contributed by atoms with E-state index < -0.39 is 14.1 Å². The Kier molecular flexibility index (Phi) is 4.59. The van der Waals surface area contributed by atoms with E-state index in [1.54, 1.807) is 6.07 Å². The van der Waals surface area contributed by atoms with Crippen molar-refractivity contribution in [1.29, 1.82) is 0 Å². The third-order valence-corrected chi connectivity index (χ3v) is 12.0. The second-order valence-corrected chi connectivity index (χ2v) is 15.9. The van der Waals surface area contributed by atoms with Crippen LogP contribution in [0.3, 0.4) is 0 Å². The lowest BCUT2D eigenvalue weighted by atomic mass is 9.72. The normalized spacial score (nSPS) is 33.4. The zero-order chi connectivity index (χ0) is 22.3. The molecule has 1 aromatic carbocycles. The topological polar surface area (TPSA) is 75.3 Å². The molecule has 3 heterocycles. The van der Waals surface area contributed by atoms with Crippen molar-refractivity contribution < 1.29 is 28.2 Å². The molecule has 7 nitrogen and oxygen atoms in total. The van der Waals surface area contributed by atoms with Crippen LogP contribution in [0.1, 0.15) is 62.9 Å². The zero-order valence-corrected chi connectivity index (χ0v) is 20.4. The third kappa shape index (κ3) is 3.39. The first-order valence-corrected chi connectivity index (χ1v) is 14.0. The number of nitrogens with one attached hydrogen (secondary N) is 1. The van der Waals surface area contributed by atoms with E-state index in [9.17, 15) is 4.79 Å². The Balaban J connectivity index is 1.55. The number of amides is 1. The highest BCUT2D eigenvalue weighted by atomic mass is 28.4. The average Bonchev–Trinajstić information content (AvgIpc) is 3.23. The van der Waals surface area contributed by atoms with Crippen LogP contribution in [0.5, 0.6) is 11.5 Å². The molecule has 1 saturated carbocycles. The van der Waals surface area contributed by atoms with Crippen LogP contribution < -0.4 is 14.8 Å². The van der Waals surface area contributed by atoms with E-state index in [1.165, 1.54) is 0 Å². The molecule has 1 aliphatic carbocycles. The predicted molar refractivity (Wildman–Crippen MR) is 117 cm³/mol. The molecule has 2 fully saturated rings. The Hall–Kier alpha value is -1.61. The molecule has 1 saturated heterocycles. The minimum atomic E-state index is -2.04. The van der Waals surface area contributed by atoms with Gasteiger partial charge in [-0.1, -0.05) is 20.8 Å². The molecule has 5 atom stereocenters. The van der Waals surface area contributed by atoms with Crippen molar-refractivity contribution in [3.8, 4) is 11.5 Å². The van der Waals surface area contributed by atoms with E-state index in [0.29, 0.717) is 17.1 Å². The van der Waals surface area contributed by atoms with Gasteiger partial charge < -0.3 is 28.7 Å². The summed E-state index contributed by atoms with van der Waals surface area (Å²) < 4.78 is 30.7. The average molecular weight is 448 g/mol. The minimum absolute atomic E-state index is 0.0516. The fourth-order valence-electron chi connectivity index (χ4n) is 5.01. The van der Waals surface area contributed by atoms with E-state index in [-0.39, 0.29) is 48.0 Å². The summed E-state index contributed by atoms with van der Waals surface area (Å²) in [5, 5.41) is 3.29. The van der Waals surface area contributed by atoms with Gasteiger partial charge >= 0.3 is 0 Å². The van der Waals surface area contributed by atoms with Gasteiger partial charge in [0.25, 0.3) is 5.91 Å². The Bertz CT molecular complexity index is 923. The van der Waals surface area contributed by atoms with Crippen LogP contribution in [0.4, 0.5) is 0 Å². The van der Waals surface area contributed by atoms with E-state index in [1.807, 2.05) is 19.9 Å². The Morgan fingerprint density at radius 1 is 1.10 bits per heavy atom. The Morgan fingerprint density at radius 3 is 2.42 bits per heavy atom. The summed E-state index contributed by atoms with van der Waals surface area (Å²) in [7, 11) is -2.04. The van der Waals surface area contributed by atoms with Crippen molar-refractivity contribution in [2.75, 3.05) is 6.79 Å². The molecule has 5 rings (SSSR count).